The topological polar surface area (TPSA) is 102 Å². The first-order valence-electron chi connectivity index (χ1n) is 7.81. The minimum absolute atomic E-state index is 0.0744. The predicted molar refractivity (Wildman–Crippen MR) is 95.9 cm³/mol. The lowest BCUT2D eigenvalue weighted by molar-refractivity contribution is 0.102. The SMILES string of the molecule is CCNC1=C(c2cccc(N)c2)C2=NS(=O)(=O)c3cccc(c32)C1=O. The van der Waals surface area contributed by atoms with Crippen LogP contribution in [0.15, 0.2) is 57.5 Å². The molecule has 126 valence electrons. The molecule has 2 aromatic carbocycles. The normalized spacial score (nSPS) is 17.3. The van der Waals surface area contributed by atoms with E-state index in [0.29, 0.717) is 45.9 Å². The van der Waals surface area contributed by atoms with Crippen LogP contribution in [0.1, 0.15) is 28.4 Å². The number of nitrogens with zero attached hydrogens (tertiary/aromatic N) is 1. The number of nitrogen functional groups attached to an aromatic ring is 1. The number of hydrogen-bond donors (Lipinski definition) is 2. The Labute approximate surface area is 145 Å². The molecule has 3 N–H and O–H groups in total. The molecule has 0 radical (unpaired) electrons. The average molecular weight is 353 g/mol. The average Bonchev–Trinajstić information content (AvgIpc) is 2.85. The molecular weight excluding hydrogens is 338 g/mol. The quantitative estimate of drug-likeness (QED) is 0.822. The van der Waals surface area contributed by atoms with E-state index >= 15 is 0 Å². The molecular formula is C18H15N3O3S. The maximum atomic E-state index is 13.0. The van der Waals surface area contributed by atoms with Gasteiger partial charge in [-0.25, -0.2) is 0 Å². The molecule has 0 fully saturated rings. The third-order valence-corrected chi connectivity index (χ3v) is 5.56. The number of carbonyl (C=O) groups is 1. The fourth-order valence-electron chi connectivity index (χ4n) is 3.25. The van der Waals surface area contributed by atoms with E-state index in [4.69, 9.17) is 5.73 Å². The van der Waals surface area contributed by atoms with Gasteiger partial charge in [0.15, 0.2) is 0 Å². The summed E-state index contributed by atoms with van der Waals surface area (Å²) in [6, 6.07) is 11.7. The van der Waals surface area contributed by atoms with Gasteiger partial charge in [0.25, 0.3) is 10.0 Å². The van der Waals surface area contributed by atoms with Gasteiger partial charge in [0.2, 0.25) is 5.78 Å². The Balaban J connectivity index is 2.10. The summed E-state index contributed by atoms with van der Waals surface area (Å²) in [5, 5.41) is 3.07. The number of sulfonamides is 1. The minimum Gasteiger partial charge on any atom is -0.399 e. The lowest BCUT2D eigenvalue weighted by Gasteiger charge is -2.23. The lowest BCUT2D eigenvalue weighted by atomic mass is 9.83. The first-order valence-corrected chi connectivity index (χ1v) is 9.25. The third kappa shape index (κ3) is 2.20. The van der Waals surface area contributed by atoms with E-state index in [2.05, 4.69) is 9.71 Å². The van der Waals surface area contributed by atoms with Gasteiger partial charge in [0.1, 0.15) is 0 Å². The van der Waals surface area contributed by atoms with Crippen LogP contribution in [-0.4, -0.2) is 26.5 Å². The molecule has 1 aliphatic carbocycles. The number of nitrogens with two attached hydrogens (primary N) is 1. The molecule has 7 heteroatoms. The van der Waals surface area contributed by atoms with Crippen LogP contribution in [0.25, 0.3) is 5.57 Å². The van der Waals surface area contributed by atoms with E-state index in [1.54, 1.807) is 36.4 Å². The van der Waals surface area contributed by atoms with Crippen LogP contribution in [0, 0.1) is 0 Å². The number of carbonyl (C=O) groups excluding carboxylic acids is 1. The fourth-order valence-corrected chi connectivity index (χ4v) is 4.49. The van der Waals surface area contributed by atoms with Gasteiger partial charge in [0, 0.05) is 28.9 Å². The second kappa shape index (κ2) is 5.29. The van der Waals surface area contributed by atoms with Gasteiger partial charge in [0.05, 0.1) is 16.3 Å². The number of nitrogens with one attached hydrogen (secondary N) is 1. The number of likely N-dealkylation sites (N-methyl/N-ethyl adjacent to an activating group) is 1. The molecule has 0 amide bonds. The van der Waals surface area contributed by atoms with Crippen molar-refractivity contribution in [2.24, 2.45) is 4.40 Å². The highest BCUT2D eigenvalue weighted by atomic mass is 32.2. The summed E-state index contributed by atoms with van der Waals surface area (Å²) < 4.78 is 28.9. The first-order chi connectivity index (χ1) is 11.9. The van der Waals surface area contributed by atoms with Gasteiger partial charge < -0.3 is 11.1 Å². The Morgan fingerprint density at radius 2 is 1.92 bits per heavy atom. The highest BCUT2D eigenvalue weighted by Crippen LogP contribution is 2.40. The molecule has 1 aliphatic heterocycles. The van der Waals surface area contributed by atoms with Crippen molar-refractivity contribution in [2.75, 3.05) is 12.3 Å². The zero-order valence-corrected chi connectivity index (χ0v) is 14.2. The van der Waals surface area contributed by atoms with Crippen molar-refractivity contribution >= 4 is 32.8 Å². The highest BCUT2D eigenvalue weighted by Gasteiger charge is 2.40. The van der Waals surface area contributed by atoms with Gasteiger partial charge in [-0.2, -0.15) is 12.8 Å². The van der Waals surface area contributed by atoms with Gasteiger partial charge in [-0.3, -0.25) is 4.79 Å². The molecule has 0 unspecified atom stereocenters. The summed E-state index contributed by atoms with van der Waals surface area (Å²) >= 11 is 0. The molecule has 0 saturated carbocycles. The maximum absolute atomic E-state index is 13.0. The molecule has 1 heterocycles. The van der Waals surface area contributed by atoms with Gasteiger partial charge in [-0.1, -0.05) is 24.3 Å². The molecule has 0 spiro atoms. The van der Waals surface area contributed by atoms with E-state index in [1.165, 1.54) is 6.07 Å². The Kier molecular flexibility index (Phi) is 3.30. The third-order valence-electron chi connectivity index (χ3n) is 4.24. The Morgan fingerprint density at radius 3 is 2.64 bits per heavy atom. The van der Waals surface area contributed by atoms with Crippen LogP contribution < -0.4 is 11.1 Å². The second-order valence-electron chi connectivity index (χ2n) is 5.83. The molecule has 6 nitrogen and oxygen atoms in total. The monoisotopic (exact) mass is 353 g/mol. The molecule has 2 aliphatic rings. The van der Waals surface area contributed by atoms with Crippen molar-refractivity contribution in [3.8, 4) is 0 Å². The van der Waals surface area contributed by atoms with Crippen LogP contribution in [0.4, 0.5) is 5.69 Å². The van der Waals surface area contributed by atoms with Crippen molar-refractivity contribution < 1.29 is 13.2 Å². The van der Waals surface area contributed by atoms with Crippen molar-refractivity contribution in [3.63, 3.8) is 0 Å². The number of rotatable bonds is 3. The highest BCUT2D eigenvalue weighted by molar-refractivity contribution is 7.90. The van der Waals surface area contributed by atoms with E-state index in [9.17, 15) is 13.2 Å². The first kappa shape index (κ1) is 15.6. The maximum Gasteiger partial charge on any atom is 0.283 e. The summed E-state index contributed by atoms with van der Waals surface area (Å²) in [7, 11) is -3.82. The van der Waals surface area contributed by atoms with Gasteiger partial charge in [-0.05, 0) is 30.7 Å². The summed E-state index contributed by atoms with van der Waals surface area (Å²) in [6.45, 7) is 2.39. The lowest BCUT2D eigenvalue weighted by Crippen LogP contribution is -2.29. The molecule has 0 aromatic heterocycles. The Morgan fingerprint density at radius 1 is 1.16 bits per heavy atom. The fraction of sp³-hybridized carbons (Fsp3) is 0.111. The largest absolute Gasteiger partial charge is 0.399 e. The van der Waals surface area contributed by atoms with Crippen LogP contribution in [0.5, 0.6) is 0 Å². The van der Waals surface area contributed by atoms with E-state index < -0.39 is 10.0 Å². The number of anilines is 1. The Bertz CT molecular complexity index is 1100. The number of benzene rings is 2. The van der Waals surface area contributed by atoms with Crippen LogP contribution in [0.3, 0.4) is 0 Å². The van der Waals surface area contributed by atoms with E-state index in [1.807, 2.05) is 6.92 Å². The smallest absolute Gasteiger partial charge is 0.283 e. The molecule has 4 rings (SSSR count). The second-order valence-corrected chi connectivity index (χ2v) is 7.40. The molecule has 0 atom stereocenters. The van der Waals surface area contributed by atoms with Crippen LogP contribution in [0.2, 0.25) is 0 Å². The van der Waals surface area contributed by atoms with Crippen molar-refractivity contribution in [3.05, 3.63) is 64.9 Å². The zero-order chi connectivity index (χ0) is 17.8. The van der Waals surface area contributed by atoms with Crippen LogP contribution in [-0.2, 0) is 10.0 Å². The molecule has 0 bridgehead atoms. The number of allylic oxidation sites excluding steroid dienone is 2. The van der Waals surface area contributed by atoms with E-state index in [0.717, 1.165) is 0 Å². The minimum atomic E-state index is -3.82. The molecule has 2 aromatic rings. The van der Waals surface area contributed by atoms with Crippen molar-refractivity contribution in [2.45, 2.75) is 11.8 Å². The number of Topliss-reactive ketones (excluding diaryl/α,β-unsaturated/α-hetero) is 1. The summed E-state index contributed by atoms with van der Waals surface area (Å²) in [6.07, 6.45) is 0. The molecule has 25 heavy (non-hydrogen) atoms. The number of ketones is 1. The van der Waals surface area contributed by atoms with Gasteiger partial charge in [-0.15, -0.1) is 0 Å². The van der Waals surface area contributed by atoms with Gasteiger partial charge >= 0.3 is 0 Å². The Hall–Kier alpha value is -2.93. The van der Waals surface area contributed by atoms with Crippen molar-refractivity contribution in [1.29, 1.82) is 0 Å². The predicted octanol–water partition coefficient (Wildman–Crippen LogP) is 1.98. The molecule has 0 saturated heterocycles. The standard InChI is InChI=1S/C18H15N3O3S/c1-2-20-17-14(10-5-3-6-11(19)9-10)16-15-12(18(17)22)7-4-8-13(15)25(23,24)21-16/h3-9,20H,2,19H2,1H3. The summed E-state index contributed by atoms with van der Waals surface area (Å²) in [5.41, 5.74) is 8.90. The summed E-state index contributed by atoms with van der Waals surface area (Å²) in [4.78, 5) is 13.1. The van der Waals surface area contributed by atoms with Crippen LogP contribution >= 0.6 is 0 Å². The summed E-state index contributed by atoms with van der Waals surface area (Å²) in [5.74, 6) is -0.243. The zero-order valence-electron chi connectivity index (χ0n) is 13.4. The van der Waals surface area contributed by atoms with E-state index in [-0.39, 0.29) is 10.7 Å². The van der Waals surface area contributed by atoms with Crippen molar-refractivity contribution in [1.82, 2.24) is 5.32 Å². The number of hydrogen-bond acceptors (Lipinski definition) is 5.